The second-order valence-corrected chi connectivity index (χ2v) is 4.06. The molecular weight excluding hydrogens is 291 g/mol. The number of hydrogen-bond donors (Lipinski definition) is 1. The number of carbonyl (C=O) groups is 1. The van der Waals surface area contributed by atoms with Crippen LogP contribution in [0.15, 0.2) is 34.9 Å². The largest absolute Gasteiger partial charge is 0.476 e. The molecule has 1 aromatic carbocycles. The second-order valence-electron chi connectivity index (χ2n) is 3.20. The number of aromatic nitrogens is 2. The third-order valence-corrected chi connectivity index (χ3v) is 2.63. The van der Waals surface area contributed by atoms with E-state index in [9.17, 15) is 9.18 Å². The molecule has 6 heteroatoms. The summed E-state index contributed by atoms with van der Waals surface area (Å²) in [5, 5.41) is 8.90. The van der Waals surface area contributed by atoms with Crippen molar-refractivity contribution in [1.82, 2.24) is 9.97 Å². The Labute approximate surface area is 104 Å². The zero-order valence-corrected chi connectivity index (χ0v) is 9.98. The highest BCUT2D eigenvalue weighted by molar-refractivity contribution is 9.10. The summed E-state index contributed by atoms with van der Waals surface area (Å²) >= 11 is 3.05. The van der Waals surface area contributed by atoms with Crippen molar-refractivity contribution in [3.05, 3.63) is 46.4 Å². The smallest absolute Gasteiger partial charge is 0.355 e. The van der Waals surface area contributed by atoms with Crippen LogP contribution in [-0.4, -0.2) is 21.0 Å². The minimum atomic E-state index is -1.15. The van der Waals surface area contributed by atoms with Crippen LogP contribution in [-0.2, 0) is 0 Å². The van der Waals surface area contributed by atoms with E-state index >= 15 is 0 Å². The molecule has 17 heavy (non-hydrogen) atoms. The summed E-state index contributed by atoms with van der Waals surface area (Å²) in [6.07, 6.45) is 1.36. The molecule has 2 aromatic rings. The molecule has 0 fully saturated rings. The van der Waals surface area contributed by atoms with E-state index in [1.54, 1.807) is 0 Å². The maximum absolute atomic E-state index is 12.7. The number of benzene rings is 1. The molecule has 0 atom stereocenters. The first-order valence-corrected chi connectivity index (χ1v) is 5.39. The van der Waals surface area contributed by atoms with Crippen molar-refractivity contribution in [3.63, 3.8) is 0 Å². The summed E-state index contributed by atoms with van der Waals surface area (Å²) in [6.45, 7) is 0. The van der Waals surface area contributed by atoms with Crippen molar-refractivity contribution in [2.45, 2.75) is 0 Å². The van der Waals surface area contributed by atoms with E-state index in [0.717, 1.165) is 0 Å². The van der Waals surface area contributed by atoms with Crippen LogP contribution < -0.4 is 0 Å². The molecule has 1 aromatic heterocycles. The lowest BCUT2D eigenvalue weighted by molar-refractivity contribution is 0.0689. The van der Waals surface area contributed by atoms with E-state index < -0.39 is 5.97 Å². The number of halogens is 2. The van der Waals surface area contributed by atoms with Crippen molar-refractivity contribution < 1.29 is 14.3 Å². The van der Waals surface area contributed by atoms with Gasteiger partial charge in [0.05, 0.1) is 4.47 Å². The van der Waals surface area contributed by atoms with E-state index in [2.05, 4.69) is 25.9 Å². The summed E-state index contributed by atoms with van der Waals surface area (Å²) in [7, 11) is 0. The van der Waals surface area contributed by atoms with Gasteiger partial charge in [0.1, 0.15) is 5.82 Å². The normalized spacial score (nSPS) is 10.2. The Morgan fingerprint density at radius 2 is 1.94 bits per heavy atom. The monoisotopic (exact) mass is 296 g/mol. The van der Waals surface area contributed by atoms with Gasteiger partial charge in [0, 0.05) is 11.8 Å². The molecule has 0 aliphatic heterocycles. The lowest BCUT2D eigenvalue weighted by atomic mass is 10.2. The molecule has 0 radical (unpaired) electrons. The summed E-state index contributed by atoms with van der Waals surface area (Å²) in [5.41, 5.74) is 0.431. The Kier molecular flexibility index (Phi) is 3.14. The van der Waals surface area contributed by atoms with Crippen LogP contribution in [0.4, 0.5) is 4.39 Å². The highest BCUT2D eigenvalue weighted by atomic mass is 79.9. The van der Waals surface area contributed by atoms with Gasteiger partial charge in [-0.2, -0.15) is 0 Å². The van der Waals surface area contributed by atoms with Crippen molar-refractivity contribution in [3.8, 4) is 11.4 Å². The Balaban J connectivity index is 2.50. The molecule has 0 aliphatic carbocycles. The topological polar surface area (TPSA) is 63.1 Å². The minimum Gasteiger partial charge on any atom is -0.476 e. The summed E-state index contributed by atoms with van der Waals surface area (Å²) < 4.78 is 13.0. The van der Waals surface area contributed by atoms with Crippen LogP contribution in [0.1, 0.15) is 10.5 Å². The molecule has 4 nitrogen and oxygen atoms in total. The van der Waals surface area contributed by atoms with Crippen molar-refractivity contribution >= 4 is 21.9 Å². The van der Waals surface area contributed by atoms with E-state index in [1.807, 2.05) is 0 Å². The lowest BCUT2D eigenvalue weighted by Gasteiger charge is -2.02. The number of hydrogen-bond acceptors (Lipinski definition) is 3. The number of nitrogens with zero attached hydrogens (tertiary/aromatic N) is 2. The molecule has 0 saturated heterocycles. The number of carboxylic acids is 1. The first-order valence-electron chi connectivity index (χ1n) is 4.59. The molecule has 2 rings (SSSR count). The maximum Gasteiger partial charge on any atom is 0.355 e. The summed E-state index contributed by atoms with van der Waals surface area (Å²) in [5.74, 6) is -1.28. The van der Waals surface area contributed by atoms with Crippen LogP contribution in [0.3, 0.4) is 0 Å². The van der Waals surface area contributed by atoms with Gasteiger partial charge in [-0.3, -0.25) is 0 Å². The van der Waals surface area contributed by atoms with Gasteiger partial charge in [-0.15, -0.1) is 0 Å². The van der Waals surface area contributed by atoms with Crippen molar-refractivity contribution in [2.75, 3.05) is 0 Å². The van der Waals surface area contributed by atoms with Gasteiger partial charge >= 0.3 is 5.97 Å². The van der Waals surface area contributed by atoms with Gasteiger partial charge in [-0.05, 0) is 40.2 Å². The summed E-state index contributed by atoms with van der Waals surface area (Å²) in [6, 6.07) is 5.51. The fourth-order valence-corrected chi connectivity index (χ4v) is 1.62. The van der Waals surface area contributed by atoms with Gasteiger partial charge in [0.2, 0.25) is 0 Å². The zero-order chi connectivity index (χ0) is 12.4. The lowest BCUT2D eigenvalue weighted by Crippen LogP contribution is -2.04. The number of aromatic carboxylic acids is 1. The number of rotatable bonds is 2. The zero-order valence-electron chi connectivity index (χ0n) is 8.39. The fourth-order valence-electron chi connectivity index (χ4n) is 1.26. The van der Waals surface area contributed by atoms with Crippen LogP contribution in [0.25, 0.3) is 11.4 Å². The Morgan fingerprint density at radius 1 is 1.29 bits per heavy atom. The predicted octanol–water partition coefficient (Wildman–Crippen LogP) is 2.74. The standard InChI is InChI=1S/C11H6BrFN2O2/c12-8-5-14-10(15-9(8)11(16)17)6-1-3-7(13)4-2-6/h1-5H,(H,16,17). The highest BCUT2D eigenvalue weighted by Gasteiger charge is 2.12. The maximum atomic E-state index is 12.7. The average molecular weight is 297 g/mol. The third kappa shape index (κ3) is 2.47. The Hall–Kier alpha value is -1.82. The molecule has 0 bridgehead atoms. The summed E-state index contributed by atoms with van der Waals surface area (Å²) in [4.78, 5) is 18.7. The van der Waals surface area contributed by atoms with Crippen LogP contribution in [0.2, 0.25) is 0 Å². The van der Waals surface area contributed by atoms with E-state index in [0.29, 0.717) is 10.0 Å². The number of carboxylic acid groups (broad SMARTS) is 1. The predicted molar refractivity (Wildman–Crippen MR) is 62.1 cm³/mol. The molecule has 0 aliphatic rings. The molecule has 0 amide bonds. The van der Waals surface area contributed by atoms with Crippen molar-refractivity contribution in [1.29, 1.82) is 0 Å². The van der Waals surface area contributed by atoms with Crippen LogP contribution in [0.5, 0.6) is 0 Å². The first-order chi connectivity index (χ1) is 8.08. The Morgan fingerprint density at radius 3 is 2.53 bits per heavy atom. The second kappa shape index (κ2) is 4.58. The molecule has 1 heterocycles. The van der Waals surface area contributed by atoms with Gasteiger partial charge in [-0.1, -0.05) is 0 Å². The molecule has 0 spiro atoms. The van der Waals surface area contributed by atoms with Gasteiger partial charge in [0.15, 0.2) is 11.5 Å². The van der Waals surface area contributed by atoms with Crippen LogP contribution >= 0.6 is 15.9 Å². The van der Waals surface area contributed by atoms with Gasteiger partial charge in [0.25, 0.3) is 0 Å². The molecule has 0 unspecified atom stereocenters. The van der Waals surface area contributed by atoms with E-state index in [1.165, 1.54) is 30.5 Å². The van der Waals surface area contributed by atoms with Crippen LogP contribution in [0, 0.1) is 5.82 Å². The first kappa shape index (κ1) is 11.7. The van der Waals surface area contributed by atoms with Gasteiger partial charge < -0.3 is 5.11 Å². The Bertz CT molecular complexity index is 572. The van der Waals surface area contributed by atoms with Gasteiger partial charge in [-0.25, -0.2) is 19.2 Å². The molecular formula is C11H6BrFN2O2. The highest BCUT2D eigenvalue weighted by Crippen LogP contribution is 2.19. The average Bonchev–Trinajstić information content (AvgIpc) is 2.30. The molecule has 1 N–H and O–H groups in total. The van der Waals surface area contributed by atoms with Crippen molar-refractivity contribution in [2.24, 2.45) is 0 Å². The van der Waals surface area contributed by atoms with E-state index in [4.69, 9.17) is 5.11 Å². The molecule has 0 saturated carbocycles. The molecule has 86 valence electrons. The minimum absolute atomic E-state index is 0.126. The third-order valence-electron chi connectivity index (χ3n) is 2.05. The SMILES string of the molecule is O=C(O)c1nc(-c2ccc(F)cc2)ncc1Br. The van der Waals surface area contributed by atoms with E-state index in [-0.39, 0.29) is 17.3 Å². The fraction of sp³-hybridized carbons (Fsp3) is 0. The quantitative estimate of drug-likeness (QED) is 0.925.